The molecule has 7 rings (SSSR count). The van der Waals surface area contributed by atoms with Gasteiger partial charge in [0.15, 0.2) is 6.10 Å². The fourth-order valence-electron chi connectivity index (χ4n) is 6.80. The molecule has 3 aromatic rings. The molecule has 0 spiro atoms. The van der Waals surface area contributed by atoms with Crippen molar-refractivity contribution in [2.45, 2.75) is 82.5 Å². The van der Waals surface area contributed by atoms with Crippen molar-refractivity contribution in [1.82, 2.24) is 15.2 Å². The molecule has 3 saturated heterocycles. The van der Waals surface area contributed by atoms with Crippen LogP contribution in [0.4, 0.5) is 4.39 Å². The molecule has 0 bridgehead atoms. The van der Waals surface area contributed by atoms with E-state index in [4.69, 9.17) is 9.72 Å². The van der Waals surface area contributed by atoms with E-state index >= 15 is 0 Å². The Labute approximate surface area is 240 Å². The van der Waals surface area contributed by atoms with E-state index in [-0.39, 0.29) is 29.9 Å². The quantitative estimate of drug-likeness (QED) is 0.338. The standard InChI is InChI=1S/C31H38FN3O3S2/c32-22-18-35(19-22)17-21-10-11-26(25-9-5-4-8-24(21)25)29-27(16-20-6-2-1-3-7-20)34-31(39-29)28-30(38-28)33-23-12-14-40(36,37)15-13-23/h4-5,8-11,20,22-23,28,30,33H,1-3,6-7,12-19H2. The molecule has 1 N–H and O–H groups in total. The van der Waals surface area contributed by atoms with E-state index in [2.05, 4.69) is 46.6 Å². The summed E-state index contributed by atoms with van der Waals surface area (Å²) in [5.41, 5.74) is 3.66. The number of epoxide rings is 1. The van der Waals surface area contributed by atoms with Crippen LogP contribution < -0.4 is 5.32 Å². The summed E-state index contributed by atoms with van der Waals surface area (Å²) >= 11 is 1.76. The van der Waals surface area contributed by atoms with E-state index in [1.807, 2.05) is 0 Å². The molecule has 4 heterocycles. The number of halogens is 1. The number of alkyl halides is 1. The monoisotopic (exact) mass is 583 g/mol. The third-order valence-corrected chi connectivity index (χ3v) is 12.1. The summed E-state index contributed by atoms with van der Waals surface area (Å²) in [7, 11) is -2.88. The maximum atomic E-state index is 13.5. The van der Waals surface area contributed by atoms with Crippen LogP contribution in [0.3, 0.4) is 0 Å². The van der Waals surface area contributed by atoms with E-state index in [1.54, 1.807) is 11.3 Å². The largest absolute Gasteiger partial charge is 0.345 e. The number of ether oxygens (including phenoxy) is 1. The molecule has 2 atom stereocenters. The Morgan fingerprint density at radius 2 is 1.75 bits per heavy atom. The number of nitrogens with one attached hydrogen (secondary N) is 1. The average molecular weight is 584 g/mol. The van der Waals surface area contributed by atoms with E-state index in [1.165, 1.54) is 64.6 Å². The van der Waals surface area contributed by atoms with E-state index in [0.717, 1.165) is 18.0 Å². The van der Waals surface area contributed by atoms with E-state index < -0.39 is 16.0 Å². The Morgan fingerprint density at radius 1 is 1.00 bits per heavy atom. The topological polar surface area (TPSA) is 74.8 Å². The van der Waals surface area contributed by atoms with Crippen molar-refractivity contribution in [3.63, 3.8) is 0 Å². The molecule has 1 aliphatic carbocycles. The third-order valence-electron chi connectivity index (χ3n) is 9.18. The van der Waals surface area contributed by atoms with Crippen molar-refractivity contribution in [1.29, 1.82) is 0 Å². The summed E-state index contributed by atoms with van der Waals surface area (Å²) in [5.74, 6) is 1.18. The lowest BCUT2D eigenvalue weighted by Gasteiger charge is -2.34. The Kier molecular flexibility index (Phi) is 7.45. The Hall–Kier alpha value is -1.91. The van der Waals surface area contributed by atoms with Crippen molar-refractivity contribution in [2.24, 2.45) is 5.92 Å². The number of sulfone groups is 1. The van der Waals surface area contributed by atoms with Crippen molar-refractivity contribution in [2.75, 3.05) is 24.6 Å². The number of hydrogen-bond acceptors (Lipinski definition) is 7. The number of hydrogen-bond donors (Lipinski definition) is 1. The fourth-order valence-corrected chi connectivity index (χ4v) is 9.48. The third kappa shape index (κ3) is 5.73. The zero-order valence-corrected chi connectivity index (χ0v) is 24.5. The van der Waals surface area contributed by atoms with Crippen LogP contribution in [0.5, 0.6) is 0 Å². The molecule has 3 aliphatic heterocycles. The van der Waals surface area contributed by atoms with Crippen LogP contribution in [0.15, 0.2) is 36.4 Å². The molecule has 0 radical (unpaired) electrons. The van der Waals surface area contributed by atoms with Gasteiger partial charge in [0, 0.05) is 31.2 Å². The smallest absolute Gasteiger partial charge is 0.151 e. The van der Waals surface area contributed by atoms with Crippen molar-refractivity contribution in [3.05, 3.63) is 52.7 Å². The van der Waals surface area contributed by atoms with Gasteiger partial charge >= 0.3 is 0 Å². The predicted octanol–water partition coefficient (Wildman–Crippen LogP) is 5.80. The average Bonchev–Trinajstić information content (AvgIpc) is 3.59. The summed E-state index contributed by atoms with van der Waals surface area (Å²) in [6.45, 7) is 1.82. The Bertz CT molecular complexity index is 1470. The lowest BCUT2D eigenvalue weighted by atomic mass is 9.85. The molecule has 4 fully saturated rings. The minimum absolute atomic E-state index is 0.0759. The summed E-state index contributed by atoms with van der Waals surface area (Å²) in [6.07, 6.45) is 7.91. The first-order valence-electron chi connectivity index (χ1n) is 14.9. The second-order valence-corrected chi connectivity index (χ2v) is 15.5. The van der Waals surface area contributed by atoms with Crippen LogP contribution in [0.1, 0.15) is 67.3 Å². The number of likely N-dealkylation sites (tertiary alicyclic amines) is 1. The number of aromatic nitrogens is 1. The van der Waals surface area contributed by atoms with Crippen LogP contribution in [0.25, 0.3) is 21.2 Å². The van der Waals surface area contributed by atoms with Gasteiger partial charge in [-0.1, -0.05) is 68.5 Å². The second-order valence-electron chi connectivity index (χ2n) is 12.2. The van der Waals surface area contributed by atoms with Gasteiger partial charge in [0.2, 0.25) is 0 Å². The summed E-state index contributed by atoms with van der Waals surface area (Å²) in [4.78, 5) is 8.64. The number of benzene rings is 2. The molecule has 2 unspecified atom stereocenters. The number of fused-ring (bicyclic) bond motifs is 1. The van der Waals surface area contributed by atoms with Crippen LogP contribution in [0, 0.1) is 5.92 Å². The number of nitrogens with zero attached hydrogens (tertiary/aromatic N) is 2. The van der Waals surface area contributed by atoms with Gasteiger partial charge in [0.05, 0.1) is 22.1 Å². The van der Waals surface area contributed by atoms with Crippen LogP contribution >= 0.6 is 11.3 Å². The molecule has 2 aromatic carbocycles. The molecule has 0 amide bonds. The molecule has 9 heteroatoms. The maximum Gasteiger partial charge on any atom is 0.151 e. The SMILES string of the molecule is O=S1(=O)CCC(NC2OC2c2nc(CC3CCCCC3)c(-c3ccc(CN4CC(F)C4)c4ccccc34)s2)CC1. The highest BCUT2D eigenvalue weighted by molar-refractivity contribution is 7.91. The summed E-state index contributed by atoms with van der Waals surface area (Å²) in [5, 5.41) is 7.03. The molecule has 6 nitrogen and oxygen atoms in total. The van der Waals surface area contributed by atoms with Gasteiger partial charge in [-0.05, 0) is 41.5 Å². The van der Waals surface area contributed by atoms with Crippen molar-refractivity contribution < 1.29 is 17.5 Å². The number of rotatable bonds is 8. The van der Waals surface area contributed by atoms with Crippen molar-refractivity contribution in [3.8, 4) is 10.4 Å². The highest BCUT2D eigenvalue weighted by atomic mass is 32.2. The summed E-state index contributed by atoms with van der Waals surface area (Å²) in [6, 6.07) is 13.2. The molecule has 40 heavy (non-hydrogen) atoms. The first-order valence-corrected chi connectivity index (χ1v) is 17.5. The fraction of sp³-hybridized carbons (Fsp3) is 0.581. The zero-order valence-electron chi connectivity index (χ0n) is 22.9. The first kappa shape index (κ1) is 27.0. The van der Waals surface area contributed by atoms with Gasteiger partial charge in [-0.15, -0.1) is 11.3 Å². The Balaban J connectivity index is 1.17. The predicted molar refractivity (Wildman–Crippen MR) is 158 cm³/mol. The van der Waals surface area contributed by atoms with Gasteiger partial charge in [0.1, 0.15) is 27.2 Å². The molecular formula is C31H38FN3O3S2. The molecule has 4 aliphatic rings. The second kappa shape index (κ2) is 11.1. The van der Waals surface area contributed by atoms with Gasteiger partial charge in [-0.3, -0.25) is 10.2 Å². The first-order chi connectivity index (χ1) is 19.4. The lowest BCUT2D eigenvalue weighted by Crippen LogP contribution is -2.47. The van der Waals surface area contributed by atoms with E-state index in [9.17, 15) is 12.8 Å². The molecule has 1 aromatic heterocycles. The van der Waals surface area contributed by atoms with Gasteiger partial charge in [-0.25, -0.2) is 17.8 Å². The molecule has 214 valence electrons. The minimum Gasteiger partial charge on any atom is -0.345 e. The minimum atomic E-state index is -2.88. The highest BCUT2D eigenvalue weighted by Crippen LogP contribution is 2.46. The zero-order chi connectivity index (χ0) is 27.3. The molecule has 1 saturated carbocycles. The van der Waals surface area contributed by atoms with Gasteiger partial charge < -0.3 is 4.74 Å². The maximum absolute atomic E-state index is 13.5. The highest BCUT2D eigenvalue weighted by Gasteiger charge is 2.45. The van der Waals surface area contributed by atoms with Crippen LogP contribution in [-0.2, 0) is 27.5 Å². The molecular weight excluding hydrogens is 545 g/mol. The Morgan fingerprint density at radius 3 is 2.50 bits per heavy atom. The van der Waals surface area contributed by atoms with Gasteiger partial charge in [0.25, 0.3) is 0 Å². The summed E-state index contributed by atoms with van der Waals surface area (Å²) < 4.78 is 43.2. The lowest BCUT2D eigenvalue weighted by molar-refractivity contribution is 0.0595. The number of thiazole rings is 1. The van der Waals surface area contributed by atoms with Crippen molar-refractivity contribution >= 4 is 31.9 Å². The van der Waals surface area contributed by atoms with Crippen LogP contribution in [0.2, 0.25) is 0 Å². The van der Waals surface area contributed by atoms with Crippen LogP contribution in [-0.4, -0.2) is 61.3 Å². The normalized spacial score (nSPS) is 26.2. The van der Waals surface area contributed by atoms with Gasteiger partial charge in [-0.2, -0.15) is 0 Å². The van der Waals surface area contributed by atoms with E-state index in [0.29, 0.717) is 31.8 Å².